The van der Waals surface area contributed by atoms with E-state index < -0.39 is 0 Å². The van der Waals surface area contributed by atoms with Gasteiger partial charge in [-0.05, 0) is 44.0 Å². The van der Waals surface area contributed by atoms with Crippen molar-refractivity contribution >= 4 is 34.7 Å². The van der Waals surface area contributed by atoms with Gasteiger partial charge in [-0.2, -0.15) is 24.2 Å². The van der Waals surface area contributed by atoms with Crippen LogP contribution in [0, 0.1) is 13.8 Å². The number of aromatic amines is 1. The Hall–Kier alpha value is -3.93. The van der Waals surface area contributed by atoms with E-state index >= 15 is 0 Å². The maximum absolute atomic E-state index is 8.12. The molecule has 0 aliphatic rings. The van der Waals surface area contributed by atoms with Crippen LogP contribution in [0.4, 0.5) is 11.4 Å². The lowest BCUT2D eigenvalue weighted by molar-refractivity contribution is -0.193. The Morgan fingerprint density at radius 2 is 1.50 bits per heavy atom. The van der Waals surface area contributed by atoms with Crippen LogP contribution in [0.3, 0.4) is 0 Å². The van der Waals surface area contributed by atoms with Gasteiger partial charge in [0.15, 0.2) is 0 Å². The number of fused-ring (bicyclic) bond motifs is 1. The number of anilines is 2. The molecule has 0 saturated heterocycles. The minimum Gasteiger partial charge on any atom is -0.465 e. The van der Waals surface area contributed by atoms with Crippen molar-refractivity contribution in [3.63, 3.8) is 0 Å². The van der Waals surface area contributed by atoms with E-state index in [1.54, 1.807) is 6.07 Å². The third-order valence-corrected chi connectivity index (χ3v) is 3.33. The molecule has 0 atom stereocenters. The summed E-state index contributed by atoms with van der Waals surface area (Å²) in [5, 5.41) is 0. The predicted octanol–water partition coefficient (Wildman–Crippen LogP) is 2.26. The van der Waals surface area contributed by atoms with Crippen LogP contribution in [0.1, 0.15) is 18.1 Å². The van der Waals surface area contributed by atoms with Gasteiger partial charge in [0.25, 0.3) is 6.01 Å². The Labute approximate surface area is 161 Å². The minimum absolute atomic E-state index is 0.250. The van der Waals surface area contributed by atoms with Gasteiger partial charge in [0.2, 0.25) is 0 Å². The summed E-state index contributed by atoms with van der Waals surface area (Å²) in [6.07, 6.45) is 0.500. The summed E-state index contributed by atoms with van der Waals surface area (Å²) in [6.45, 7) is 6.56. The van der Waals surface area contributed by atoms with Gasteiger partial charge in [0.1, 0.15) is 0 Å². The number of H-pyrrole nitrogens is 1. The standard InChI is InChI=1S/C10H12N2O.C7H10N2.2CO2/c1-3-13-10-11-8-6-4-5-7(2)9(8)12-10;1-5-3-2-4-6(8)7(5)9;2*2-1-3/h4-6H,3H2,1-2H3,(H,11,12);2-4H,8-9H2,1H3;;. The van der Waals surface area contributed by atoms with E-state index in [4.69, 9.17) is 35.4 Å². The number of nitrogens with zero attached hydrogens (tertiary/aromatic N) is 1. The molecule has 148 valence electrons. The number of hydrogen-bond acceptors (Lipinski definition) is 8. The highest BCUT2D eigenvalue weighted by Gasteiger charge is 2.03. The van der Waals surface area contributed by atoms with Crippen LogP contribution >= 0.6 is 0 Å². The first-order valence-corrected chi connectivity index (χ1v) is 8.03. The second-order valence-electron chi connectivity index (χ2n) is 5.19. The average molecular weight is 386 g/mol. The summed E-state index contributed by atoms with van der Waals surface area (Å²) in [5.41, 5.74) is 16.6. The summed E-state index contributed by atoms with van der Waals surface area (Å²) >= 11 is 0. The normalized spacial score (nSPS) is 8.54. The number of nitrogen functional groups attached to an aromatic ring is 2. The number of nitrogens with one attached hydrogen (secondary N) is 1. The predicted molar refractivity (Wildman–Crippen MR) is 102 cm³/mol. The average Bonchev–Trinajstić information content (AvgIpc) is 3.06. The number of rotatable bonds is 2. The molecule has 1 aromatic heterocycles. The molecule has 0 radical (unpaired) electrons. The Kier molecular flexibility index (Phi) is 11.4. The smallest absolute Gasteiger partial charge is 0.373 e. The summed E-state index contributed by atoms with van der Waals surface area (Å²) in [5.74, 6) is 0. The van der Waals surface area contributed by atoms with E-state index in [2.05, 4.69) is 9.97 Å². The van der Waals surface area contributed by atoms with Crippen molar-refractivity contribution in [3.05, 3.63) is 47.5 Å². The van der Waals surface area contributed by atoms with E-state index in [0.29, 0.717) is 24.0 Å². The lowest BCUT2D eigenvalue weighted by Gasteiger charge is -2.00. The molecule has 0 unspecified atom stereocenters. The third kappa shape index (κ3) is 7.97. The first-order valence-electron chi connectivity index (χ1n) is 8.03. The fourth-order valence-electron chi connectivity index (χ4n) is 2.06. The van der Waals surface area contributed by atoms with Crippen LogP contribution in [0.15, 0.2) is 36.4 Å². The highest BCUT2D eigenvalue weighted by atomic mass is 16.5. The number of aryl methyl sites for hydroxylation is 2. The van der Waals surface area contributed by atoms with Crippen LogP contribution in [0.5, 0.6) is 6.01 Å². The van der Waals surface area contributed by atoms with Gasteiger partial charge in [-0.15, -0.1) is 0 Å². The number of benzene rings is 2. The fourth-order valence-corrected chi connectivity index (χ4v) is 2.06. The Balaban J connectivity index is 0.000000423. The molecule has 0 spiro atoms. The number of carbonyl (C=O) groups excluding carboxylic acids is 4. The lowest BCUT2D eigenvalue weighted by atomic mass is 10.2. The van der Waals surface area contributed by atoms with E-state index in [0.717, 1.165) is 16.6 Å². The Morgan fingerprint density at radius 1 is 0.964 bits per heavy atom. The van der Waals surface area contributed by atoms with Gasteiger partial charge < -0.3 is 21.2 Å². The highest BCUT2D eigenvalue weighted by Crippen LogP contribution is 2.18. The van der Waals surface area contributed by atoms with Gasteiger partial charge in [-0.3, -0.25) is 0 Å². The van der Waals surface area contributed by atoms with Crippen molar-refractivity contribution < 1.29 is 23.9 Å². The van der Waals surface area contributed by atoms with Gasteiger partial charge in [0, 0.05) is 0 Å². The van der Waals surface area contributed by atoms with E-state index in [1.807, 2.05) is 51.1 Å². The van der Waals surface area contributed by atoms with E-state index in [-0.39, 0.29) is 12.3 Å². The first kappa shape index (κ1) is 24.1. The number of ether oxygens (including phenoxy) is 1. The Morgan fingerprint density at radius 3 is 1.96 bits per heavy atom. The molecule has 2 aromatic carbocycles. The van der Waals surface area contributed by atoms with E-state index in [9.17, 15) is 0 Å². The molecule has 0 aliphatic carbocycles. The van der Waals surface area contributed by atoms with Crippen molar-refractivity contribution in [2.24, 2.45) is 0 Å². The molecule has 0 aliphatic heterocycles. The first-order chi connectivity index (χ1) is 13.4. The van der Waals surface area contributed by atoms with Crippen LogP contribution < -0.4 is 16.2 Å². The largest absolute Gasteiger partial charge is 0.465 e. The molecule has 1 heterocycles. The molecule has 0 bridgehead atoms. The third-order valence-electron chi connectivity index (χ3n) is 3.33. The summed E-state index contributed by atoms with van der Waals surface area (Å²) in [6, 6.07) is 12.3. The molecule has 0 amide bonds. The number of para-hydroxylation sites is 2. The van der Waals surface area contributed by atoms with Gasteiger partial charge in [-0.25, -0.2) is 0 Å². The summed E-state index contributed by atoms with van der Waals surface area (Å²) < 4.78 is 5.28. The minimum atomic E-state index is 0.250. The van der Waals surface area contributed by atoms with Crippen molar-refractivity contribution in [3.8, 4) is 6.01 Å². The highest BCUT2D eigenvalue weighted by molar-refractivity contribution is 5.79. The fraction of sp³-hybridized carbons (Fsp3) is 0.211. The molecular weight excluding hydrogens is 364 g/mol. The number of aromatic nitrogens is 2. The molecule has 3 aromatic rings. The quantitative estimate of drug-likeness (QED) is 0.566. The summed E-state index contributed by atoms with van der Waals surface area (Å²) in [4.78, 5) is 39.9. The zero-order valence-corrected chi connectivity index (χ0v) is 15.8. The molecule has 28 heavy (non-hydrogen) atoms. The van der Waals surface area contributed by atoms with E-state index in [1.165, 1.54) is 5.56 Å². The van der Waals surface area contributed by atoms with Crippen LogP contribution in [-0.4, -0.2) is 28.9 Å². The second kappa shape index (κ2) is 13.3. The molecule has 0 fully saturated rings. The van der Waals surface area contributed by atoms with Crippen molar-refractivity contribution in [2.45, 2.75) is 20.8 Å². The zero-order chi connectivity index (χ0) is 21.5. The van der Waals surface area contributed by atoms with Crippen molar-refractivity contribution in [2.75, 3.05) is 18.1 Å². The van der Waals surface area contributed by atoms with Crippen LogP contribution in [0.2, 0.25) is 0 Å². The van der Waals surface area contributed by atoms with Gasteiger partial charge >= 0.3 is 12.3 Å². The molecule has 5 N–H and O–H groups in total. The molecule has 3 rings (SSSR count). The van der Waals surface area contributed by atoms with Crippen molar-refractivity contribution in [1.82, 2.24) is 9.97 Å². The molecule has 9 nitrogen and oxygen atoms in total. The monoisotopic (exact) mass is 386 g/mol. The molecule has 0 saturated carbocycles. The van der Waals surface area contributed by atoms with Crippen LogP contribution in [0.25, 0.3) is 11.0 Å². The van der Waals surface area contributed by atoms with Gasteiger partial charge in [-0.1, -0.05) is 24.3 Å². The topological polar surface area (TPSA) is 158 Å². The number of nitrogens with two attached hydrogens (primary N) is 2. The summed E-state index contributed by atoms with van der Waals surface area (Å²) in [7, 11) is 0. The van der Waals surface area contributed by atoms with Crippen molar-refractivity contribution in [1.29, 1.82) is 0 Å². The van der Waals surface area contributed by atoms with Gasteiger partial charge in [0.05, 0.1) is 29.0 Å². The molecular formula is C19H22N4O5. The molecule has 9 heteroatoms. The van der Waals surface area contributed by atoms with Crippen LogP contribution in [-0.2, 0) is 19.2 Å². The number of hydrogen-bond donors (Lipinski definition) is 3. The zero-order valence-electron chi connectivity index (χ0n) is 15.8. The number of imidazole rings is 1. The SMILES string of the molecule is CCOc1nc2c(C)cccc2[nH]1.Cc1cccc(N)c1N.O=C=O.O=C=O. The maximum Gasteiger partial charge on any atom is 0.373 e. The Bertz CT molecular complexity index is 908. The second-order valence-corrected chi connectivity index (χ2v) is 5.19. The maximum atomic E-state index is 8.12. The lowest BCUT2D eigenvalue weighted by Crippen LogP contribution is -1.95.